The number of sulfonamides is 1. The predicted octanol–water partition coefficient (Wildman–Crippen LogP) is 6.29. The van der Waals surface area contributed by atoms with Crippen LogP contribution in [0.1, 0.15) is 44.2 Å². The molecule has 0 spiro atoms. The molecule has 0 unspecified atom stereocenters. The van der Waals surface area contributed by atoms with Crippen molar-refractivity contribution >= 4 is 39.1 Å². The smallest absolute Gasteiger partial charge is 0.416 e. The second-order valence-corrected chi connectivity index (χ2v) is 12.2. The zero-order chi connectivity index (χ0) is 32.5. The Morgan fingerprint density at radius 2 is 1.70 bits per heavy atom. The molecule has 0 saturated heterocycles. The van der Waals surface area contributed by atoms with Gasteiger partial charge in [0.25, 0.3) is 10.0 Å². The summed E-state index contributed by atoms with van der Waals surface area (Å²) in [6, 6.07) is 15.0. The molecule has 0 radical (unpaired) electrons. The lowest BCUT2D eigenvalue weighted by Crippen LogP contribution is -2.52. The quantitative estimate of drug-likeness (QED) is 0.207. The fourth-order valence-corrected chi connectivity index (χ4v) is 6.22. The number of nitrogens with zero attached hydrogens (tertiary/aromatic N) is 2. The number of carbonyl (C=O) groups is 2. The predicted molar refractivity (Wildman–Crippen MR) is 163 cm³/mol. The first kappa shape index (κ1) is 34.7. The zero-order valence-electron chi connectivity index (χ0n) is 24.6. The molecule has 44 heavy (non-hydrogen) atoms. The van der Waals surface area contributed by atoms with E-state index in [1.807, 2.05) is 6.92 Å². The minimum atomic E-state index is -4.81. The van der Waals surface area contributed by atoms with Crippen molar-refractivity contribution in [3.63, 3.8) is 0 Å². The van der Waals surface area contributed by atoms with Crippen molar-refractivity contribution in [1.29, 1.82) is 0 Å². The summed E-state index contributed by atoms with van der Waals surface area (Å²) in [6.07, 6.45) is -3.09. The van der Waals surface area contributed by atoms with Crippen LogP contribution in [0, 0.1) is 0 Å². The Kier molecular flexibility index (Phi) is 12.1. The van der Waals surface area contributed by atoms with E-state index in [1.54, 1.807) is 37.3 Å². The number of benzene rings is 3. The van der Waals surface area contributed by atoms with Gasteiger partial charge in [-0.2, -0.15) is 13.2 Å². The number of alkyl halides is 3. The second kappa shape index (κ2) is 15.3. The number of hydrogen-bond donors (Lipinski definition) is 1. The van der Waals surface area contributed by atoms with E-state index in [2.05, 4.69) is 5.32 Å². The van der Waals surface area contributed by atoms with E-state index in [1.165, 1.54) is 36.3 Å². The number of methoxy groups -OCH3 is 1. The van der Waals surface area contributed by atoms with Gasteiger partial charge in [0.15, 0.2) is 0 Å². The Bertz CT molecular complexity index is 1540. The molecule has 0 saturated carbocycles. The topological polar surface area (TPSA) is 96.0 Å². The van der Waals surface area contributed by atoms with Crippen molar-refractivity contribution in [2.45, 2.75) is 56.8 Å². The average Bonchev–Trinajstić information content (AvgIpc) is 3.00. The van der Waals surface area contributed by atoms with Gasteiger partial charge in [-0.15, -0.1) is 0 Å². The van der Waals surface area contributed by atoms with E-state index in [0.717, 1.165) is 18.6 Å². The van der Waals surface area contributed by atoms with Crippen molar-refractivity contribution in [3.05, 3.63) is 88.9 Å². The van der Waals surface area contributed by atoms with Crippen LogP contribution in [0.5, 0.6) is 5.75 Å². The number of carbonyl (C=O) groups excluding carboxylic acids is 2. The van der Waals surface area contributed by atoms with Crippen molar-refractivity contribution in [2.75, 3.05) is 24.5 Å². The minimum Gasteiger partial charge on any atom is -0.497 e. The van der Waals surface area contributed by atoms with Crippen LogP contribution in [0.2, 0.25) is 5.02 Å². The van der Waals surface area contributed by atoms with E-state index in [0.29, 0.717) is 34.7 Å². The van der Waals surface area contributed by atoms with Gasteiger partial charge < -0.3 is 15.0 Å². The molecule has 0 aliphatic carbocycles. The lowest BCUT2D eigenvalue weighted by Gasteiger charge is -2.33. The van der Waals surface area contributed by atoms with Gasteiger partial charge in [-0.25, -0.2) is 8.42 Å². The summed E-state index contributed by atoms with van der Waals surface area (Å²) in [7, 11) is -3.13. The van der Waals surface area contributed by atoms with E-state index >= 15 is 0 Å². The molecule has 1 N–H and O–H groups in total. The molecule has 13 heteroatoms. The number of amides is 2. The van der Waals surface area contributed by atoms with Gasteiger partial charge in [-0.05, 0) is 60.9 Å². The number of unbranched alkanes of at least 4 members (excludes halogenated alkanes) is 1. The molecule has 1 atom stereocenters. The van der Waals surface area contributed by atoms with Crippen molar-refractivity contribution in [3.8, 4) is 5.75 Å². The molecule has 3 rings (SSSR count). The van der Waals surface area contributed by atoms with Crippen molar-refractivity contribution in [1.82, 2.24) is 10.2 Å². The third-order valence-electron chi connectivity index (χ3n) is 6.85. The largest absolute Gasteiger partial charge is 0.497 e. The van der Waals surface area contributed by atoms with E-state index in [4.69, 9.17) is 16.3 Å². The number of ether oxygens (including phenoxy) is 1. The summed E-state index contributed by atoms with van der Waals surface area (Å²) in [4.78, 5) is 28.4. The van der Waals surface area contributed by atoms with Crippen molar-refractivity contribution in [2.24, 2.45) is 0 Å². The Balaban J connectivity index is 2.14. The van der Waals surface area contributed by atoms with Gasteiger partial charge in [0.2, 0.25) is 11.8 Å². The molecule has 0 aromatic heterocycles. The second-order valence-electron chi connectivity index (χ2n) is 9.93. The van der Waals surface area contributed by atoms with Crippen LogP contribution in [0.4, 0.5) is 18.9 Å². The maximum Gasteiger partial charge on any atom is 0.416 e. The fraction of sp³-hybridized carbons (Fsp3) is 0.355. The first-order valence-electron chi connectivity index (χ1n) is 14.0. The standard InChI is InChI=1S/C31H35ClF3N3O5S/c1-4-6-17-36-30(40)27(5-2)37(20-22-11-10-12-24(18-22)43-3)29(39)21-38(44(41,42)25-13-8-7-9-14-25)28-19-23(31(33,34)35)15-16-26(28)32/h7-16,18-19,27H,4-6,17,20-21H2,1-3H3,(H,36,40)/t27-/m0/s1. The number of nitrogens with one attached hydrogen (secondary N) is 1. The zero-order valence-corrected chi connectivity index (χ0v) is 26.2. The molecule has 0 bridgehead atoms. The number of hydrogen-bond acceptors (Lipinski definition) is 5. The van der Waals surface area contributed by atoms with Crippen LogP contribution in [0.25, 0.3) is 0 Å². The number of halogens is 4. The summed E-state index contributed by atoms with van der Waals surface area (Å²) >= 11 is 6.30. The third kappa shape index (κ3) is 8.66. The van der Waals surface area contributed by atoms with Crippen LogP contribution in [0.3, 0.4) is 0 Å². The highest BCUT2D eigenvalue weighted by atomic mass is 35.5. The maximum absolute atomic E-state index is 14.1. The molecule has 0 aliphatic rings. The number of rotatable bonds is 14. The molecule has 8 nitrogen and oxygen atoms in total. The lowest BCUT2D eigenvalue weighted by atomic mass is 10.1. The molecule has 0 aliphatic heterocycles. The van der Waals surface area contributed by atoms with Gasteiger partial charge in [-0.3, -0.25) is 13.9 Å². The summed E-state index contributed by atoms with van der Waals surface area (Å²) in [6.45, 7) is 3.01. The van der Waals surface area contributed by atoms with Gasteiger partial charge >= 0.3 is 6.18 Å². The van der Waals surface area contributed by atoms with Gasteiger partial charge in [0.1, 0.15) is 18.3 Å². The molecular weight excluding hydrogens is 619 g/mol. The first-order chi connectivity index (χ1) is 20.8. The van der Waals surface area contributed by atoms with Crippen LogP contribution in [-0.4, -0.2) is 51.4 Å². The molecular formula is C31H35ClF3N3O5S. The maximum atomic E-state index is 14.1. The van der Waals surface area contributed by atoms with E-state index in [-0.39, 0.29) is 22.9 Å². The Hall–Kier alpha value is -3.77. The fourth-order valence-electron chi connectivity index (χ4n) is 4.51. The van der Waals surface area contributed by atoms with E-state index < -0.39 is 51.9 Å². The minimum absolute atomic E-state index is 0.106. The summed E-state index contributed by atoms with van der Waals surface area (Å²) in [5.74, 6) is -0.760. The molecule has 0 fully saturated rings. The van der Waals surface area contributed by atoms with Crippen LogP contribution in [-0.2, 0) is 32.3 Å². The van der Waals surface area contributed by atoms with Crippen molar-refractivity contribution < 1.29 is 35.9 Å². The van der Waals surface area contributed by atoms with Gasteiger partial charge in [0.05, 0.1) is 28.3 Å². The van der Waals surface area contributed by atoms with Crippen LogP contribution < -0.4 is 14.4 Å². The molecule has 238 valence electrons. The monoisotopic (exact) mass is 653 g/mol. The Labute approximate surface area is 260 Å². The molecule has 0 heterocycles. The molecule has 2 amide bonds. The summed E-state index contributed by atoms with van der Waals surface area (Å²) in [5.41, 5.74) is -1.08. The Morgan fingerprint density at radius 1 is 1.00 bits per heavy atom. The molecule has 3 aromatic rings. The first-order valence-corrected chi connectivity index (χ1v) is 15.8. The normalized spacial score (nSPS) is 12.3. The summed E-state index contributed by atoms with van der Waals surface area (Å²) < 4.78 is 74.8. The van der Waals surface area contributed by atoms with Crippen LogP contribution in [0.15, 0.2) is 77.7 Å². The SMILES string of the molecule is CCCCNC(=O)[C@H](CC)N(Cc1cccc(OC)c1)C(=O)CN(c1cc(C(F)(F)F)ccc1Cl)S(=O)(=O)c1ccccc1. The van der Waals surface area contributed by atoms with Gasteiger partial charge in [-0.1, -0.05) is 62.2 Å². The highest BCUT2D eigenvalue weighted by Crippen LogP contribution is 2.37. The molecule has 3 aromatic carbocycles. The highest BCUT2D eigenvalue weighted by Gasteiger charge is 2.37. The Morgan fingerprint density at radius 3 is 2.32 bits per heavy atom. The highest BCUT2D eigenvalue weighted by molar-refractivity contribution is 7.92. The third-order valence-corrected chi connectivity index (χ3v) is 8.95. The lowest BCUT2D eigenvalue weighted by molar-refractivity contribution is -0.140. The van der Waals surface area contributed by atoms with Crippen LogP contribution >= 0.6 is 11.6 Å². The number of anilines is 1. The van der Waals surface area contributed by atoms with E-state index in [9.17, 15) is 31.2 Å². The summed E-state index contributed by atoms with van der Waals surface area (Å²) in [5, 5.41) is 2.51. The average molecular weight is 654 g/mol. The van der Waals surface area contributed by atoms with Gasteiger partial charge in [0, 0.05) is 13.1 Å².